The van der Waals surface area contributed by atoms with Gasteiger partial charge in [0.2, 0.25) is 17.7 Å². The zero-order valence-electron chi connectivity index (χ0n) is 17.1. The van der Waals surface area contributed by atoms with Crippen LogP contribution in [0.3, 0.4) is 0 Å². The second kappa shape index (κ2) is 8.30. The van der Waals surface area contributed by atoms with Crippen LogP contribution in [0.5, 0.6) is 11.5 Å². The lowest BCUT2D eigenvalue weighted by Crippen LogP contribution is -2.41. The molecule has 0 atom stereocenters. The van der Waals surface area contributed by atoms with Gasteiger partial charge in [-0.3, -0.25) is 19.3 Å². The Morgan fingerprint density at radius 3 is 2.47 bits per heavy atom. The van der Waals surface area contributed by atoms with Gasteiger partial charge in [0.15, 0.2) is 0 Å². The normalized spacial score (nSPS) is 18.0. The average molecular weight is 406 g/mol. The number of ether oxygens (including phenoxy) is 1. The maximum atomic E-state index is 12.8. The van der Waals surface area contributed by atoms with Crippen LogP contribution in [0.2, 0.25) is 0 Å². The second-order valence-corrected chi connectivity index (χ2v) is 8.29. The number of hydrogen-bond donors (Lipinski definition) is 1. The minimum atomic E-state index is -0.565. The summed E-state index contributed by atoms with van der Waals surface area (Å²) in [6, 6.07) is 14.8. The van der Waals surface area contributed by atoms with Crippen LogP contribution < -0.4 is 10.1 Å². The van der Waals surface area contributed by atoms with Gasteiger partial charge in [0.05, 0.1) is 5.41 Å². The smallest absolute Gasteiger partial charge is 0.244 e. The first kappa shape index (κ1) is 20.1. The summed E-state index contributed by atoms with van der Waals surface area (Å²) in [6.07, 6.45) is 4.78. The topological polar surface area (TPSA) is 75.7 Å². The van der Waals surface area contributed by atoms with Crippen LogP contribution in [-0.2, 0) is 14.4 Å². The lowest BCUT2D eigenvalue weighted by molar-refractivity contribution is -0.144. The van der Waals surface area contributed by atoms with E-state index in [1.807, 2.05) is 31.2 Å². The van der Waals surface area contributed by atoms with E-state index in [1.165, 1.54) is 0 Å². The Hall–Kier alpha value is -3.15. The maximum Gasteiger partial charge on any atom is 0.244 e. The molecule has 1 N–H and O–H groups in total. The van der Waals surface area contributed by atoms with Crippen LogP contribution in [0.4, 0.5) is 5.69 Å². The Balaban J connectivity index is 1.35. The molecule has 1 saturated carbocycles. The van der Waals surface area contributed by atoms with Gasteiger partial charge >= 0.3 is 0 Å². The molecule has 1 aliphatic heterocycles. The number of aryl methyl sites for hydroxylation is 1. The quantitative estimate of drug-likeness (QED) is 0.745. The number of carbonyl (C=O) groups excluding carboxylic acids is 3. The molecule has 1 spiro atoms. The van der Waals surface area contributed by atoms with Crippen molar-refractivity contribution in [2.24, 2.45) is 5.41 Å². The third kappa shape index (κ3) is 4.22. The number of nitrogens with one attached hydrogen (secondary N) is 1. The monoisotopic (exact) mass is 406 g/mol. The van der Waals surface area contributed by atoms with Gasteiger partial charge in [-0.2, -0.15) is 0 Å². The van der Waals surface area contributed by atoms with Crippen molar-refractivity contribution in [3.05, 3.63) is 54.1 Å². The molecule has 4 rings (SSSR count). The summed E-state index contributed by atoms with van der Waals surface area (Å²) in [6.45, 7) is 1.76. The van der Waals surface area contributed by atoms with Crippen molar-refractivity contribution >= 4 is 23.4 Å². The second-order valence-electron chi connectivity index (χ2n) is 8.29. The van der Waals surface area contributed by atoms with E-state index in [1.54, 1.807) is 24.3 Å². The summed E-state index contributed by atoms with van der Waals surface area (Å²) in [4.78, 5) is 38.8. The summed E-state index contributed by atoms with van der Waals surface area (Å²) in [7, 11) is 0. The third-order valence-corrected chi connectivity index (χ3v) is 5.97. The van der Waals surface area contributed by atoms with Crippen molar-refractivity contribution in [1.82, 2.24) is 4.90 Å². The molecule has 2 aliphatic rings. The SMILES string of the molecule is Cc1cccc(Oc2ccc(NC(=O)CN3C(=O)CC4(CCCCC4)C3=O)cc2)c1. The van der Waals surface area contributed by atoms with E-state index < -0.39 is 5.41 Å². The van der Waals surface area contributed by atoms with Crippen molar-refractivity contribution in [2.75, 3.05) is 11.9 Å². The zero-order chi connectivity index (χ0) is 21.1. The number of imide groups is 1. The predicted molar refractivity (Wildman–Crippen MR) is 113 cm³/mol. The van der Waals surface area contributed by atoms with E-state index in [4.69, 9.17) is 4.74 Å². The molecule has 0 unspecified atom stereocenters. The van der Waals surface area contributed by atoms with E-state index in [9.17, 15) is 14.4 Å². The number of likely N-dealkylation sites (tertiary alicyclic amines) is 1. The first-order valence-electron chi connectivity index (χ1n) is 10.4. The van der Waals surface area contributed by atoms with E-state index in [-0.39, 0.29) is 30.7 Å². The molecule has 6 heteroatoms. The van der Waals surface area contributed by atoms with Crippen LogP contribution in [-0.4, -0.2) is 29.2 Å². The van der Waals surface area contributed by atoms with Crippen LogP contribution in [0.1, 0.15) is 44.1 Å². The third-order valence-electron chi connectivity index (χ3n) is 5.97. The number of benzene rings is 2. The van der Waals surface area contributed by atoms with Gasteiger partial charge in [0.1, 0.15) is 18.0 Å². The number of hydrogen-bond acceptors (Lipinski definition) is 4. The largest absolute Gasteiger partial charge is 0.457 e. The van der Waals surface area contributed by atoms with E-state index >= 15 is 0 Å². The molecule has 0 bridgehead atoms. The van der Waals surface area contributed by atoms with Crippen molar-refractivity contribution in [3.63, 3.8) is 0 Å². The Kier molecular flexibility index (Phi) is 5.57. The Labute approximate surface area is 176 Å². The van der Waals surface area contributed by atoms with Crippen LogP contribution in [0.25, 0.3) is 0 Å². The summed E-state index contributed by atoms with van der Waals surface area (Å²) >= 11 is 0. The molecule has 6 nitrogen and oxygen atoms in total. The highest BCUT2D eigenvalue weighted by atomic mass is 16.5. The molecule has 0 radical (unpaired) electrons. The fourth-order valence-corrected chi connectivity index (χ4v) is 4.40. The lowest BCUT2D eigenvalue weighted by atomic mass is 9.73. The summed E-state index contributed by atoms with van der Waals surface area (Å²) < 4.78 is 5.81. The van der Waals surface area contributed by atoms with E-state index in [0.717, 1.165) is 48.3 Å². The molecule has 3 amide bonds. The summed E-state index contributed by atoms with van der Waals surface area (Å²) in [5, 5.41) is 2.76. The minimum Gasteiger partial charge on any atom is -0.457 e. The van der Waals surface area contributed by atoms with Crippen LogP contribution >= 0.6 is 0 Å². The number of anilines is 1. The van der Waals surface area contributed by atoms with E-state index in [0.29, 0.717) is 11.4 Å². The Morgan fingerprint density at radius 2 is 1.77 bits per heavy atom. The molecule has 30 heavy (non-hydrogen) atoms. The van der Waals surface area contributed by atoms with Gasteiger partial charge < -0.3 is 10.1 Å². The molecule has 1 saturated heterocycles. The van der Waals surface area contributed by atoms with Gasteiger partial charge in [-0.1, -0.05) is 31.4 Å². The highest BCUT2D eigenvalue weighted by Crippen LogP contribution is 2.45. The number of nitrogens with zero attached hydrogens (tertiary/aromatic N) is 1. The Bertz CT molecular complexity index is 961. The molecular formula is C24H26N2O4. The van der Waals surface area contributed by atoms with Gasteiger partial charge in [0, 0.05) is 12.1 Å². The van der Waals surface area contributed by atoms with Crippen molar-refractivity contribution in [1.29, 1.82) is 0 Å². The molecular weight excluding hydrogens is 380 g/mol. The van der Waals surface area contributed by atoms with Gasteiger partial charge in [-0.05, 0) is 61.7 Å². The van der Waals surface area contributed by atoms with Crippen molar-refractivity contribution in [3.8, 4) is 11.5 Å². The van der Waals surface area contributed by atoms with E-state index in [2.05, 4.69) is 5.32 Å². The fraction of sp³-hybridized carbons (Fsp3) is 0.375. The average Bonchev–Trinajstić information content (AvgIpc) is 2.94. The van der Waals surface area contributed by atoms with Gasteiger partial charge in [-0.25, -0.2) is 0 Å². The van der Waals surface area contributed by atoms with Crippen molar-refractivity contribution in [2.45, 2.75) is 45.4 Å². The Morgan fingerprint density at radius 1 is 1.03 bits per heavy atom. The lowest BCUT2D eigenvalue weighted by Gasteiger charge is -2.30. The zero-order valence-corrected chi connectivity index (χ0v) is 17.1. The molecule has 2 aromatic carbocycles. The highest BCUT2D eigenvalue weighted by Gasteiger charge is 2.51. The molecule has 1 heterocycles. The fourth-order valence-electron chi connectivity index (χ4n) is 4.40. The van der Waals surface area contributed by atoms with Crippen LogP contribution in [0.15, 0.2) is 48.5 Å². The molecule has 156 valence electrons. The summed E-state index contributed by atoms with van der Waals surface area (Å²) in [5.74, 6) is 0.609. The molecule has 2 aromatic rings. The standard InChI is InChI=1S/C24H26N2O4/c1-17-6-5-7-20(14-17)30-19-10-8-18(9-11-19)25-21(27)16-26-22(28)15-24(23(26)29)12-3-2-4-13-24/h5-11,14H,2-4,12-13,15-16H2,1H3,(H,25,27). The molecule has 2 fully saturated rings. The molecule has 1 aliphatic carbocycles. The number of rotatable bonds is 5. The number of carbonyl (C=O) groups is 3. The van der Waals surface area contributed by atoms with Crippen molar-refractivity contribution < 1.29 is 19.1 Å². The predicted octanol–water partition coefficient (Wildman–Crippen LogP) is 4.44. The first-order valence-corrected chi connectivity index (χ1v) is 10.4. The van der Waals surface area contributed by atoms with Gasteiger partial charge in [-0.15, -0.1) is 0 Å². The van der Waals surface area contributed by atoms with Gasteiger partial charge in [0.25, 0.3) is 0 Å². The molecule has 0 aromatic heterocycles. The maximum absolute atomic E-state index is 12.8. The number of amides is 3. The minimum absolute atomic E-state index is 0.177. The first-order chi connectivity index (χ1) is 14.4. The highest BCUT2D eigenvalue weighted by molar-refractivity contribution is 6.09. The van der Waals surface area contributed by atoms with Crippen LogP contribution in [0, 0.1) is 12.3 Å². The summed E-state index contributed by atoms with van der Waals surface area (Å²) in [5.41, 5.74) is 1.13.